The smallest absolute Gasteiger partial charge is 0.150 e. The van der Waals surface area contributed by atoms with Crippen molar-refractivity contribution in [3.63, 3.8) is 0 Å². The van der Waals surface area contributed by atoms with E-state index in [-0.39, 0.29) is 5.92 Å². The number of imidazole rings is 1. The van der Waals surface area contributed by atoms with Crippen LogP contribution in [0.25, 0.3) is 38.9 Å². The molecule has 3 N–H and O–H groups in total. The third-order valence-electron chi connectivity index (χ3n) is 6.13. The van der Waals surface area contributed by atoms with E-state index in [2.05, 4.69) is 64.0 Å². The van der Waals surface area contributed by atoms with Gasteiger partial charge in [-0.05, 0) is 47.6 Å². The van der Waals surface area contributed by atoms with Crippen LogP contribution in [0, 0.1) is 0 Å². The number of nitrogens with zero attached hydrogens (tertiary/aromatic N) is 4. The molecule has 0 atom stereocenters. The van der Waals surface area contributed by atoms with Crippen molar-refractivity contribution in [1.29, 1.82) is 0 Å². The zero-order valence-corrected chi connectivity index (χ0v) is 19.3. The molecule has 0 radical (unpaired) electrons. The predicted molar refractivity (Wildman–Crippen MR) is 135 cm³/mol. The lowest BCUT2D eigenvalue weighted by Crippen LogP contribution is -2.37. The summed E-state index contributed by atoms with van der Waals surface area (Å²) in [4.78, 5) is 14.2. The van der Waals surface area contributed by atoms with E-state index < -0.39 is 3.61 Å². The number of aromatic nitrogens is 4. The Labute approximate surface area is 198 Å². The number of aliphatic hydroxyl groups is 1. The number of hydrogen-bond acceptors (Lipinski definition) is 5. The van der Waals surface area contributed by atoms with Gasteiger partial charge in [-0.2, -0.15) is 0 Å². The summed E-state index contributed by atoms with van der Waals surface area (Å²) in [5.74, 6) is 1.54. The van der Waals surface area contributed by atoms with Gasteiger partial charge in [0.25, 0.3) is 0 Å². The number of benzene rings is 2. The minimum atomic E-state index is -0.659. The van der Waals surface area contributed by atoms with Crippen LogP contribution in [0.15, 0.2) is 73.1 Å². The van der Waals surface area contributed by atoms with Crippen molar-refractivity contribution in [3.8, 4) is 22.5 Å². The summed E-state index contributed by atoms with van der Waals surface area (Å²) < 4.78 is 1.36. The van der Waals surface area contributed by atoms with Gasteiger partial charge in [-0.25, -0.2) is 15.0 Å². The van der Waals surface area contributed by atoms with Crippen molar-refractivity contribution in [2.45, 2.75) is 22.4 Å². The van der Waals surface area contributed by atoms with Crippen molar-refractivity contribution in [3.05, 3.63) is 78.9 Å². The fourth-order valence-corrected chi connectivity index (χ4v) is 5.55. The number of nitrogen functional groups attached to an aromatic ring is 1. The standard InChI is InChI=1S/C25H20IN5O/c26-25(32)13-18(14-25)24-30-21(22-23(27)28-10-11-31(22)24)17-7-6-16-8-9-19(29-20(16)12-17)15-4-2-1-3-5-15/h1-12,18,32H,13-14H2,(H2,27,28)/t18-,25+. The molecule has 32 heavy (non-hydrogen) atoms. The molecule has 1 aliphatic rings. The van der Waals surface area contributed by atoms with Crippen LogP contribution in [0.2, 0.25) is 0 Å². The lowest BCUT2D eigenvalue weighted by Gasteiger charge is -2.38. The molecule has 2 aromatic carbocycles. The fraction of sp³-hybridized carbons (Fsp3) is 0.160. The zero-order chi connectivity index (χ0) is 21.9. The number of rotatable bonds is 3. The molecule has 0 bridgehead atoms. The van der Waals surface area contributed by atoms with Gasteiger partial charge in [0, 0.05) is 34.8 Å². The molecule has 7 heteroatoms. The van der Waals surface area contributed by atoms with Crippen molar-refractivity contribution < 1.29 is 5.11 Å². The molecule has 1 aliphatic carbocycles. The third kappa shape index (κ3) is 3.23. The minimum Gasteiger partial charge on any atom is -0.382 e. The Morgan fingerprint density at radius 2 is 1.78 bits per heavy atom. The topological polar surface area (TPSA) is 89.3 Å². The number of fused-ring (bicyclic) bond motifs is 2. The van der Waals surface area contributed by atoms with Gasteiger partial charge in [0.1, 0.15) is 26.5 Å². The van der Waals surface area contributed by atoms with Crippen LogP contribution in [0.4, 0.5) is 5.82 Å². The summed E-state index contributed by atoms with van der Waals surface area (Å²) in [5.41, 5.74) is 11.8. The molecule has 0 saturated heterocycles. The highest BCUT2D eigenvalue weighted by Crippen LogP contribution is 2.49. The number of alkyl halides is 1. The summed E-state index contributed by atoms with van der Waals surface area (Å²) in [5, 5.41) is 11.3. The number of anilines is 1. The van der Waals surface area contributed by atoms with E-state index in [1.165, 1.54) is 0 Å². The number of hydrogen-bond donors (Lipinski definition) is 2. The molecule has 0 amide bonds. The molecule has 0 unspecified atom stereocenters. The summed E-state index contributed by atoms with van der Waals surface area (Å²) in [6.07, 6.45) is 4.94. The van der Waals surface area contributed by atoms with Crippen molar-refractivity contribution in [2.24, 2.45) is 0 Å². The van der Waals surface area contributed by atoms with Gasteiger partial charge in [-0.15, -0.1) is 0 Å². The SMILES string of the molecule is Nc1nccn2c1c(-c1ccc3ccc(-c4ccccc4)nc3c1)nc2[C@H]1C[C@](O)(I)C1. The maximum atomic E-state index is 10.2. The summed E-state index contributed by atoms with van der Waals surface area (Å²) in [6, 6.07) is 20.5. The van der Waals surface area contributed by atoms with Gasteiger partial charge in [0.15, 0.2) is 0 Å². The molecule has 6 rings (SSSR count). The summed E-state index contributed by atoms with van der Waals surface area (Å²) in [6.45, 7) is 0. The molecule has 1 saturated carbocycles. The molecule has 3 heterocycles. The van der Waals surface area contributed by atoms with Crippen molar-refractivity contribution >= 4 is 44.8 Å². The quantitative estimate of drug-likeness (QED) is 0.246. The van der Waals surface area contributed by atoms with Gasteiger partial charge in [0.2, 0.25) is 0 Å². The minimum absolute atomic E-state index is 0.184. The van der Waals surface area contributed by atoms with E-state index in [9.17, 15) is 5.11 Å². The van der Waals surface area contributed by atoms with Crippen molar-refractivity contribution in [2.75, 3.05) is 5.73 Å². The van der Waals surface area contributed by atoms with E-state index in [0.717, 1.165) is 44.8 Å². The maximum absolute atomic E-state index is 10.2. The lowest BCUT2D eigenvalue weighted by molar-refractivity contribution is 0.0539. The highest BCUT2D eigenvalue weighted by molar-refractivity contribution is 14.1. The molecule has 0 aliphatic heterocycles. The first-order valence-corrected chi connectivity index (χ1v) is 11.6. The second kappa shape index (κ2) is 7.25. The molecule has 6 nitrogen and oxygen atoms in total. The Balaban J connectivity index is 1.50. The van der Waals surface area contributed by atoms with Crippen LogP contribution in [0.3, 0.4) is 0 Å². The first-order chi connectivity index (χ1) is 15.5. The van der Waals surface area contributed by atoms with Gasteiger partial charge >= 0.3 is 0 Å². The normalized spacial score (nSPS) is 20.5. The fourth-order valence-electron chi connectivity index (χ4n) is 4.49. The van der Waals surface area contributed by atoms with E-state index in [4.69, 9.17) is 15.7 Å². The van der Waals surface area contributed by atoms with E-state index in [1.54, 1.807) is 6.20 Å². The maximum Gasteiger partial charge on any atom is 0.150 e. The van der Waals surface area contributed by atoms with Gasteiger partial charge in [-0.3, -0.25) is 4.40 Å². The summed E-state index contributed by atoms with van der Waals surface area (Å²) >= 11 is 2.11. The predicted octanol–water partition coefficient (Wildman–Crippen LogP) is 5.19. The van der Waals surface area contributed by atoms with E-state index in [0.29, 0.717) is 18.7 Å². The van der Waals surface area contributed by atoms with Crippen LogP contribution in [0.1, 0.15) is 24.6 Å². The van der Waals surface area contributed by atoms with E-state index in [1.807, 2.05) is 34.9 Å². The third-order valence-corrected chi connectivity index (χ3v) is 7.01. The number of pyridine rings is 1. The molecular weight excluding hydrogens is 513 g/mol. The number of halogens is 1. The van der Waals surface area contributed by atoms with Gasteiger partial charge in [-0.1, -0.05) is 48.5 Å². The molecule has 158 valence electrons. The first-order valence-electron chi connectivity index (χ1n) is 10.5. The monoisotopic (exact) mass is 533 g/mol. The average molecular weight is 533 g/mol. The zero-order valence-electron chi connectivity index (χ0n) is 17.1. The van der Waals surface area contributed by atoms with Gasteiger partial charge < -0.3 is 10.8 Å². The Kier molecular flexibility index (Phi) is 4.44. The van der Waals surface area contributed by atoms with Crippen molar-refractivity contribution in [1.82, 2.24) is 19.4 Å². The molecule has 0 spiro atoms. The van der Waals surface area contributed by atoms with Crippen LogP contribution >= 0.6 is 22.6 Å². The second-order valence-corrected chi connectivity index (χ2v) is 10.4. The molecule has 1 fully saturated rings. The summed E-state index contributed by atoms with van der Waals surface area (Å²) in [7, 11) is 0. The van der Waals surface area contributed by atoms with Gasteiger partial charge in [0.05, 0.1) is 11.2 Å². The highest BCUT2D eigenvalue weighted by atomic mass is 127. The largest absolute Gasteiger partial charge is 0.382 e. The molecular formula is C25H20IN5O. The Hall–Kier alpha value is -3.04. The van der Waals surface area contributed by atoms with Crippen LogP contribution in [-0.4, -0.2) is 28.1 Å². The molecule has 3 aromatic heterocycles. The molecule has 5 aromatic rings. The average Bonchev–Trinajstić information content (AvgIpc) is 3.18. The van der Waals surface area contributed by atoms with E-state index >= 15 is 0 Å². The highest BCUT2D eigenvalue weighted by Gasteiger charge is 2.43. The lowest BCUT2D eigenvalue weighted by atomic mass is 9.82. The van der Waals surface area contributed by atoms with Crippen LogP contribution < -0.4 is 5.73 Å². The second-order valence-electron chi connectivity index (χ2n) is 8.34. The number of nitrogens with two attached hydrogens (primary N) is 1. The first kappa shape index (κ1) is 19.6. The Bertz CT molecular complexity index is 1470. The van der Waals surface area contributed by atoms with Crippen LogP contribution in [-0.2, 0) is 0 Å². The van der Waals surface area contributed by atoms with Crippen LogP contribution in [0.5, 0.6) is 0 Å². The Morgan fingerprint density at radius 3 is 2.56 bits per heavy atom. The Morgan fingerprint density at radius 1 is 1.00 bits per heavy atom.